The highest BCUT2D eigenvalue weighted by atomic mass is 127. The van der Waals surface area contributed by atoms with Gasteiger partial charge >= 0.3 is 0 Å². The normalized spacial score (nSPS) is 10.3. The van der Waals surface area contributed by atoms with E-state index < -0.39 is 10.5 Å². The molecule has 1 aromatic heterocycles. The summed E-state index contributed by atoms with van der Waals surface area (Å²) in [6.07, 6.45) is 1.28. The Bertz CT molecular complexity index is 747. The van der Waals surface area contributed by atoms with E-state index in [9.17, 15) is 14.9 Å². The molecule has 0 aliphatic heterocycles. The molecular weight excluding hydrogens is 400 g/mol. The van der Waals surface area contributed by atoms with Gasteiger partial charge in [0.25, 0.3) is 11.2 Å². The number of nitrogens with zero attached hydrogens (tertiary/aromatic N) is 3. The van der Waals surface area contributed by atoms with E-state index in [1.165, 1.54) is 31.4 Å². The highest BCUT2D eigenvalue weighted by Gasteiger charge is 2.14. The Morgan fingerprint density at radius 3 is 2.80 bits per heavy atom. The number of non-ortho nitro benzene ring substituents is 1. The summed E-state index contributed by atoms with van der Waals surface area (Å²) >= 11 is 7.83. The summed E-state index contributed by atoms with van der Waals surface area (Å²) in [6.45, 7) is 0. The van der Waals surface area contributed by atoms with Gasteiger partial charge in [-0.3, -0.25) is 14.9 Å². The lowest BCUT2D eigenvalue weighted by Crippen LogP contribution is -2.19. The van der Waals surface area contributed by atoms with E-state index >= 15 is 0 Å². The van der Waals surface area contributed by atoms with Crippen molar-refractivity contribution in [2.24, 2.45) is 7.05 Å². The summed E-state index contributed by atoms with van der Waals surface area (Å²) in [5, 5.41) is 14.4. The van der Waals surface area contributed by atoms with E-state index in [0.717, 1.165) is 4.68 Å². The van der Waals surface area contributed by atoms with Crippen LogP contribution in [0.3, 0.4) is 0 Å². The summed E-state index contributed by atoms with van der Waals surface area (Å²) in [5.41, 5.74) is -0.627. The van der Waals surface area contributed by atoms with Crippen molar-refractivity contribution in [3.05, 3.63) is 53.5 Å². The Labute approximate surface area is 131 Å². The van der Waals surface area contributed by atoms with E-state index in [1.807, 2.05) is 22.6 Å². The summed E-state index contributed by atoms with van der Waals surface area (Å²) < 4.78 is 7.15. The minimum atomic E-state index is -0.535. The van der Waals surface area contributed by atoms with Gasteiger partial charge in [-0.25, -0.2) is 4.68 Å². The van der Waals surface area contributed by atoms with Gasteiger partial charge in [0, 0.05) is 13.1 Å². The summed E-state index contributed by atoms with van der Waals surface area (Å²) in [7, 11) is 1.45. The highest BCUT2D eigenvalue weighted by molar-refractivity contribution is 14.1. The smallest absolute Gasteiger partial charge is 0.289 e. The Hall–Kier alpha value is -1.68. The zero-order valence-corrected chi connectivity index (χ0v) is 13.0. The van der Waals surface area contributed by atoms with Gasteiger partial charge in [-0.15, -0.1) is 0 Å². The molecule has 0 radical (unpaired) electrons. The molecule has 0 fully saturated rings. The molecule has 0 unspecified atom stereocenters. The number of aryl methyl sites for hydroxylation is 1. The molecule has 1 heterocycles. The zero-order chi connectivity index (χ0) is 14.9. The fourth-order valence-electron chi connectivity index (χ4n) is 1.37. The van der Waals surface area contributed by atoms with E-state index in [-0.39, 0.29) is 22.2 Å². The number of ether oxygens (including phenoxy) is 1. The van der Waals surface area contributed by atoms with Crippen molar-refractivity contribution in [3.63, 3.8) is 0 Å². The van der Waals surface area contributed by atoms with Gasteiger partial charge in [-0.2, -0.15) is 5.10 Å². The molecule has 0 amide bonds. The van der Waals surface area contributed by atoms with Crippen LogP contribution >= 0.6 is 34.2 Å². The standard InChI is InChI=1S/C11H7ClIN3O4/c1-15-11(17)10(12)9(5-14-15)20-8-4-6(16(18)19)2-3-7(8)13/h2-5H,1H3. The van der Waals surface area contributed by atoms with Crippen molar-refractivity contribution < 1.29 is 9.66 Å². The third kappa shape index (κ3) is 2.90. The number of nitro groups is 1. The van der Waals surface area contributed by atoms with E-state index in [4.69, 9.17) is 16.3 Å². The topological polar surface area (TPSA) is 87.3 Å². The lowest BCUT2D eigenvalue weighted by molar-refractivity contribution is -0.384. The molecule has 7 nitrogen and oxygen atoms in total. The molecule has 20 heavy (non-hydrogen) atoms. The summed E-state index contributed by atoms with van der Waals surface area (Å²) in [6, 6.07) is 4.16. The number of aromatic nitrogens is 2. The monoisotopic (exact) mass is 407 g/mol. The Balaban J connectivity index is 2.45. The van der Waals surface area contributed by atoms with Gasteiger partial charge in [0.05, 0.1) is 20.8 Å². The molecule has 0 N–H and O–H groups in total. The van der Waals surface area contributed by atoms with Crippen LogP contribution in [0, 0.1) is 13.7 Å². The van der Waals surface area contributed by atoms with Gasteiger partial charge in [0.2, 0.25) is 0 Å². The van der Waals surface area contributed by atoms with E-state index in [2.05, 4.69) is 5.10 Å². The van der Waals surface area contributed by atoms with Crippen LogP contribution in [-0.2, 0) is 7.05 Å². The van der Waals surface area contributed by atoms with Gasteiger partial charge < -0.3 is 4.74 Å². The second-order valence-electron chi connectivity index (χ2n) is 3.73. The summed E-state index contributed by atoms with van der Waals surface area (Å²) in [5.74, 6) is 0.282. The van der Waals surface area contributed by atoms with Crippen molar-refractivity contribution in [2.75, 3.05) is 0 Å². The SMILES string of the molecule is Cn1ncc(Oc2cc([N+](=O)[O-])ccc2I)c(Cl)c1=O. The van der Waals surface area contributed by atoms with Gasteiger partial charge in [-0.05, 0) is 28.7 Å². The molecule has 9 heteroatoms. The number of hydrogen-bond donors (Lipinski definition) is 0. The minimum Gasteiger partial charge on any atom is -0.453 e. The van der Waals surface area contributed by atoms with E-state index in [0.29, 0.717) is 3.57 Å². The third-order valence-electron chi connectivity index (χ3n) is 2.39. The Kier molecular flexibility index (Phi) is 4.23. The Morgan fingerprint density at radius 2 is 2.15 bits per heavy atom. The third-order valence-corrected chi connectivity index (χ3v) is 3.63. The van der Waals surface area contributed by atoms with Crippen LogP contribution in [0.5, 0.6) is 11.5 Å². The minimum absolute atomic E-state index is 0.0492. The number of halogens is 2. The first-order chi connectivity index (χ1) is 9.40. The molecule has 2 aromatic rings. The second-order valence-corrected chi connectivity index (χ2v) is 5.27. The average Bonchev–Trinajstić information content (AvgIpc) is 2.41. The van der Waals surface area contributed by atoms with Crippen molar-refractivity contribution in [1.82, 2.24) is 9.78 Å². The largest absolute Gasteiger partial charge is 0.453 e. The zero-order valence-electron chi connectivity index (χ0n) is 10.0. The lowest BCUT2D eigenvalue weighted by Gasteiger charge is -2.09. The van der Waals surface area contributed by atoms with Crippen LogP contribution in [0.1, 0.15) is 0 Å². The van der Waals surface area contributed by atoms with Crippen LogP contribution in [0.4, 0.5) is 5.69 Å². The fraction of sp³-hybridized carbons (Fsp3) is 0.0909. The van der Waals surface area contributed by atoms with Crippen LogP contribution in [-0.4, -0.2) is 14.7 Å². The van der Waals surface area contributed by atoms with Crippen molar-refractivity contribution >= 4 is 39.9 Å². The number of hydrogen-bond acceptors (Lipinski definition) is 5. The quantitative estimate of drug-likeness (QED) is 0.443. The molecule has 2 rings (SSSR count). The molecule has 0 atom stereocenters. The molecule has 0 bridgehead atoms. The first kappa shape index (κ1) is 14.7. The van der Waals surface area contributed by atoms with Crippen LogP contribution in [0.15, 0.2) is 29.2 Å². The predicted molar refractivity (Wildman–Crippen MR) is 80.4 cm³/mol. The molecule has 0 aliphatic rings. The highest BCUT2D eigenvalue weighted by Crippen LogP contribution is 2.32. The first-order valence-electron chi connectivity index (χ1n) is 5.23. The molecule has 0 spiro atoms. The molecule has 0 saturated carbocycles. The Morgan fingerprint density at radius 1 is 1.45 bits per heavy atom. The maximum absolute atomic E-state index is 11.6. The number of nitro benzene ring substituents is 1. The maximum atomic E-state index is 11.6. The van der Waals surface area contributed by atoms with Gasteiger partial charge in [0.15, 0.2) is 10.8 Å². The maximum Gasteiger partial charge on any atom is 0.289 e. The van der Waals surface area contributed by atoms with Gasteiger partial charge in [-0.1, -0.05) is 11.6 Å². The number of rotatable bonds is 3. The predicted octanol–water partition coefficient (Wildman–Crippen LogP) is 2.74. The molecule has 0 saturated heterocycles. The van der Waals surface area contributed by atoms with Crippen molar-refractivity contribution in [1.29, 1.82) is 0 Å². The molecule has 0 aliphatic carbocycles. The fourth-order valence-corrected chi connectivity index (χ4v) is 2.02. The number of benzene rings is 1. The van der Waals surface area contributed by atoms with Crippen LogP contribution < -0.4 is 10.3 Å². The average molecular weight is 408 g/mol. The lowest BCUT2D eigenvalue weighted by atomic mass is 10.3. The molecule has 104 valence electrons. The molecule has 1 aromatic carbocycles. The van der Waals surface area contributed by atoms with Gasteiger partial charge in [0.1, 0.15) is 5.75 Å². The second kappa shape index (κ2) is 5.75. The van der Waals surface area contributed by atoms with Crippen LogP contribution in [0.2, 0.25) is 5.02 Å². The van der Waals surface area contributed by atoms with E-state index in [1.54, 1.807) is 0 Å². The molecular formula is C11H7ClIN3O4. The van der Waals surface area contributed by atoms with Crippen molar-refractivity contribution in [2.45, 2.75) is 0 Å². The van der Waals surface area contributed by atoms with Crippen LogP contribution in [0.25, 0.3) is 0 Å². The first-order valence-corrected chi connectivity index (χ1v) is 6.69. The summed E-state index contributed by atoms with van der Waals surface area (Å²) in [4.78, 5) is 21.8. The van der Waals surface area contributed by atoms with Crippen molar-refractivity contribution in [3.8, 4) is 11.5 Å².